The largest absolute Gasteiger partial charge is 0.490 e. The second kappa shape index (κ2) is 11.3. The topological polar surface area (TPSA) is 120 Å². The van der Waals surface area contributed by atoms with Crippen molar-refractivity contribution >= 4 is 23.3 Å². The highest BCUT2D eigenvalue weighted by atomic mass is 19.4. The molecule has 0 spiro atoms. The summed E-state index contributed by atoms with van der Waals surface area (Å²) in [5.74, 6) is -2.66. The van der Waals surface area contributed by atoms with E-state index in [-0.39, 0.29) is 11.7 Å². The molecule has 2 heterocycles. The fourth-order valence-corrected chi connectivity index (χ4v) is 3.50. The van der Waals surface area contributed by atoms with Gasteiger partial charge in [0.15, 0.2) is 0 Å². The highest BCUT2D eigenvalue weighted by Crippen LogP contribution is 2.25. The van der Waals surface area contributed by atoms with Crippen LogP contribution in [0.15, 0.2) is 79.0 Å². The number of hydrogen-bond donors (Lipinski definition) is 3. The zero-order valence-electron chi connectivity index (χ0n) is 19.0. The van der Waals surface area contributed by atoms with Crippen LogP contribution in [0, 0.1) is 5.41 Å². The van der Waals surface area contributed by atoms with Crippen LogP contribution >= 0.6 is 0 Å². The number of carboxylic acid groups (broad SMARTS) is 1. The SMILES string of the molecule is N=C(N)c1cccc(C2=CCN(C(=O)c3ccc(-c4ccccn4)cc3)CC2)c1.O=C(O)C(F)(F)F. The number of carboxylic acids is 1. The summed E-state index contributed by atoms with van der Waals surface area (Å²) in [6.07, 6.45) is -0.458. The summed E-state index contributed by atoms with van der Waals surface area (Å²) in [7, 11) is 0. The van der Waals surface area contributed by atoms with E-state index in [9.17, 15) is 18.0 Å². The van der Waals surface area contributed by atoms with Crippen molar-refractivity contribution in [3.05, 3.63) is 95.7 Å². The number of nitrogen functional groups attached to an aromatic ring is 1. The molecule has 3 aromatic rings. The number of carbonyl (C=O) groups is 2. The number of nitrogens with zero attached hydrogens (tertiary/aromatic N) is 2. The Morgan fingerprint density at radius 1 is 0.972 bits per heavy atom. The predicted molar refractivity (Wildman–Crippen MR) is 129 cm³/mol. The van der Waals surface area contributed by atoms with E-state index in [2.05, 4.69) is 11.1 Å². The number of aliphatic carboxylic acids is 1. The van der Waals surface area contributed by atoms with E-state index in [4.69, 9.17) is 21.0 Å². The van der Waals surface area contributed by atoms with E-state index >= 15 is 0 Å². The molecule has 1 aromatic heterocycles. The van der Waals surface area contributed by atoms with E-state index in [1.54, 1.807) is 6.20 Å². The molecular formula is C26H23F3N4O3. The number of rotatable bonds is 4. The van der Waals surface area contributed by atoms with Gasteiger partial charge in [-0.25, -0.2) is 4.79 Å². The zero-order chi connectivity index (χ0) is 26.3. The lowest BCUT2D eigenvalue weighted by Gasteiger charge is -2.27. The summed E-state index contributed by atoms with van der Waals surface area (Å²) in [5, 5.41) is 14.7. The maximum atomic E-state index is 12.9. The number of benzene rings is 2. The molecule has 0 radical (unpaired) electrons. The number of pyridine rings is 1. The molecule has 4 N–H and O–H groups in total. The Hall–Kier alpha value is -4.47. The second-order valence-electron chi connectivity index (χ2n) is 7.82. The molecule has 0 fully saturated rings. The van der Waals surface area contributed by atoms with E-state index < -0.39 is 12.1 Å². The number of halogens is 3. The standard InChI is InChI=1S/C24H22N4O.C2HF3O2/c25-23(26)21-5-3-4-20(16-21)17-11-14-28(15-12-17)24(29)19-9-7-18(8-10-19)22-6-1-2-13-27-22;3-2(4,5)1(6)7/h1-11,13,16H,12,14-15H2,(H3,25,26);(H,6,7). The van der Waals surface area contributed by atoms with Gasteiger partial charge in [-0.15, -0.1) is 0 Å². The third kappa shape index (κ3) is 6.78. The van der Waals surface area contributed by atoms with Gasteiger partial charge in [-0.3, -0.25) is 15.2 Å². The average molecular weight is 496 g/mol. The van der Waals surface area contributed by atoms with E-state index in [1.165, 1.54) is 5.57 Å². The lowest BCUT2D eigenvalue weighted by atomic mass is 9.97. The molecule has 0 unspecified atom stereocenters. The van der Waals surface area contributed by atoms with Crippen molar-refractivity contribution in [2.24, 2.45) is 5.73 Å². The minimum absolute atomic E-state index is 0.0327. The monoisotopic (exact) mass is 496 g/mol. The lowest BCUT2D eigenvalue weighted by Crippen LogP contribution is -2.34. The first kappa shape index (κ1) is 26.1. The molecule has 0 saturated carbocycles. The Balaban J connectivity index is 0.000000454. The van der Waals surface area contributed by atoms with Crippen molar-refractivity contribution in [3.63, 3.8) is 0 Å². The molecule has 2 aromatic carbocycles. The number of nitrogens with one attached hydrogen (secondary N) is 1. The van der Waals surface area contributed by atoms with Crippen molar-refractivity contribution in [1.82, 2.24) is 9.88 Å². The quantitative estimate of drug-likeness (QED) is 0.360. The molecule has 1 aliphatic rings. The average Bonchev–Trinajstić information content (AvgIpc) is 2.89. The number of nitrogens with two attached hydrogens (primary N) is 1. The summed E-state index contributed by atoms with van der Waals surface area (Å²) in [4.78, 5) is 28.0. The normalized spacial score (nSPS) is 13.2. The van der Waals surface area contributed by atoms with E-state index in [0.29, 0.717) is 18.7 Å². The van der Waals surface area contributed by atoms with Crippen LogP contribution in [0.5, 0.6) is 0 Å². The van der Waals surface area contributed by atoms with Crippen molar-refractivity contribution < 1.29 is 27.9 Å². The highest BCUT2D eigenvalue weighted by Gasteiger charge is 2.38. The number of carbonyl (C=O) groups excluding carboxylic acids is 1. The molecule has 0 saturated heterocycles. The zero-order valence-corrected chi connectivity index (χ0v) is 19.0. The molecule has 10 heteroatoms. The maximum Gasteiger partial charge on any atom is 0.490 e. The molecule has 7 nitrogen and oxygen atoms in total. The minimum Gasteiger partial charge on any atom is -0.475 e. The Kier molecular flexibility index (Phi) is 8.21. The fourth-order valence-electron chi connectivity index (χ4n) is 3.50. The molecule has 36 heavy (non-hydrogen) atoms. The minimum atomic E-state index is -5.08. The first-order valence-corrected chi connectivity index (χ1v) is 10.8. The van der Waals surface area contributed by atoms with Crippen LogP contribution in [0.1, 0.15) is 27.9 Å². The van der Waals surface area contributed by atoms with Gasteiger partial charge in [-0.1, -0.05) is 42.5 Å². The van der Waals surface area contributed by atoms with Gasteiger partial charge in [-0.2, -0.15) is 13.2 Å². The predicted octanol–water partition coefficient (Wildman–Crippen LogP) is 4.60. The van der Waals surface area contributed by atoms with Crippen molar-refractivity contribution in [1.29, 1.82) is 5.41 Å². The molecule has 186 valence electrons. The summed E-state index contributed by atoms with van der Waals surface area (Å²) < 4.78 is 31.7. The third-order valence-electron chi connectivity index (χ3n) is 5.38. The van der Waals surface area contributed by atoms with E-state index in [0.717, 1.165) is 28.8 Å². The maximum absolute atomic E-state index is 12.9. The van der Waals surface area contributed by atoms with Gasteiger partial charge in [0.25, 0.3) is 5.91 Å². The molecule has 4 rings (SSSR count). The fraction of sp³-hybridized carbons (Fsp3) is 0.154. The summed E-state index contributed by atoms with van der Waals surface area (Å²) in [5.41, 5.74) is 11.1. The number of alkyl halides is 3. The molecule has 0 aliphatic carbocycles. The first-order chi connectivity index (χ1) is 17.1. The Morgan fingerprint density at radius 2 is 1.67 bits per heavy atom. The Bertz CT molecular complexity index is 1270. The third-order valence-corrected chi connectivity index (χ3v) is 5.38. The van der Waals surface area contributed by atoms with Crippen molar-refractivity contribution in [2.45, 2.75) is 12.6 Å². The van der Waals surface area contributed by atoms with Gasteiger partial charge in [0.05, 0.1) is 5.69 Å². The molecule has 1 amide bonds. The van der Waals surface area contributed by atoms with Gasteiger partial charge in [-0.05, 0) is 47.9 Å². The van der Waals surface area contributed by atoms with Gasteiger partial charge < -0.3 is 15.7 Å². The van der Waals surface area contributed by atoms with Gasteiger partial charge >= 0.3 is 12.1 Å². The summed E-state index contributed by atoms with van der Waals surface area (Å²) in [6.45, 7) is 1.23. The molecular weight excluding hydrogens is 473 g/mol. The second-order valence-corrected chi connectivity index (χ2v) is 7.82. The van der Waals surface area contributed by atoms with Crippen LogP contribution < -0.4 is 5.73 Å². The van der Waals surface area contributed by atoms with Gasteiger partial charge in [0.1, 0.15) is 5.84 Å². The molecule has 0 bridgehead atoms. The van der Waals surface area contributed by atoms with Gasteiger partial charge in [0.2, 0.25) is 0 Å². The lowest BCUT2D eigenvalue weighted by molar-refractivity contribution is -0.192. The number of hydrogen-bond acceptors (Lipinski definition) is 4. The smallest absolute Gasteiger partial charge is 0.475 e. The van der Waals surface area contributed by atoms with Crippen LogP contribution in [-0.4, -0.2) is 52.0 Å². The number of amidine groups is 1. The van der Waals surface area contributed by atoms with Crippen LogP contribution in [0.3, 0.4) is 0 Å². The van der Waals surface area contributed by atoms with Crippen molar-refractivity contribution in [3.8, 4) is 11.3 Å². The van der Waals surface area contributed by atoms with Gasteiger partial charge in [0, 0.05) is 36.0 Å². The number of amides is 1. The first-order valence-electron chi connectivity index (χ1n) is 10.8. The van der Waals surface area contributed by atoms with Crippen LogP contribution in [0.2, 0.25) is 0 Å². The summed E-state index contributed by atoms with van der Waals surface area (Å²) >= 11 is 0. The van der Waals surface area contributed by atoms with Crippen LogP contribution in [0.25, 0.3) is 16.8 Å². The number of aromatic nitrogens is 1. The van der Waals surface area contributed by atoms with Crippen molar-refractivity contribution in [2.75, 3.05) is 13.1 Å². The Labute approximate surface area is 205 Å². The molecule has 1 aliphatic heterocycles. The van der Waals surface area contributed by atoms with Crippen LogP contribution in [0.4, 0.5) is 13.2 Å². The Morgan fingerprint density at radius 3 is 2.19 bits per heavy atom. The van der Waals surface area contributed by atoms with E-state index in [1.807, 2.05) is 71.6 Å². The molecule has 0 atom stereocenters. The summed E-state index contributed by atoms with van der Waals surface area (Å²) in [6, 6.07) is 21.1. The highest BCUT2D eigenvalue weighted by molar-refractivity contribution is 5.96. The van der Waals surface area contributed by atoms with Crippen LogP contribution in [-0.2, 0) is 4.79 Å².